The molecule has 6 heteroatoms. The number of urea groups is 1. The van der Waals surface area contributed by atoms with Crippen molar-refractivity contribution in [2.45, 2.75) is 13.0 Å². The highest BCUT2D eigenvalue weighted by atomic mass is 16.4. The van der Waals surface area contributed by atoms with Crippen molar-refractivity contribution < 1.29 is 14.7 Å². The first-order chi connectivity index (χ1) is 9.66. The third-order valence-electron chi connectivity index (χ3n) is 3.27. The molecule has 0 saturated carbocycles. The number of nitrogens with zero attached hydrogens (tertiary/aromatic N) is 1. The monoisotopic (exact) mass is 277 g/mol. The Labute approximate surface area is 117 Å². The van der Waals surface area contributed by atoms with E-state index in [-0.39, 0.29) is 11.6 Å². The van der Waals surface area contributed by atoms with Gasteiger partial charge in [-0.1, -0.05) is 12.1 Å². The van der Waals surface area contributed by atoms with E-state index in [1.807, 2.05) is 0 Å². The lowest BCUT2D eigenvalue weighted by Crippen LogP contribution is -2.41. The van der Waals surface area contributed by atoms with Crippen LogP contribution in [0.4, 0.5) is 4.79 Å². The van der Waals surface area contributed by atoms with Crippen molar-refractivity contribution in [2.75, 3.05) is 26.2 Å². The number of carbonyl (C=O) groups excluding carboxylic acids is 1. The molecule has 0 spiro atoms. The first kappa shape index (κ1) is 14.3. The van der Waals surface area contributed by atoms with Crippen LogP contribution < -0.4 is 10.6 Å². The normalized spacial score (nSPS) is 15.5. The van der Waals surface area contributed by atoms with E-state index in [1.165, 1.54) is 0 Å². The van der Waals surface area contributed by atoms with Crippen LogP contribution >= 0.6 is 0 Å². The van der Waals surface area contributed by atoms with Crippen LogP contribution in [0.2, 0.25) is 0 Å². The predicted octanol–water partition coefficient (Wildman–Crippen LogP) is 0.890. The lowest BCUT2D eigenvalue weighted by molar-refractivity contribution is 0.0697. The van der Waals surface area contributed by atoms with Crippen LogP contribution in [0, 0.1) is 0 Å². The smallest absolute Gasteiger partial charge is 0.335 e. The quantitative estimate of drug-likeness (QED) is 0.766. The van der Waals surface area contributed by atoms with Crippen molar-refractivity contribution in [3.05, 3.63) is 35.4 Å². The van der Waals surface area contributed by atoms with E-state index in [4.69, 9.17) is 5.11 Å². The first-order valence-corrected chi connectivity index (χ1v) is 6.72. The zero-order valence-electron chi connectivity index (χ0n) is 11.3. The van der Waals surface area contributed by atoms with Gasteiger partial charge in [-0.2, -0.15) is 0 Å². The number of carboxylic acid groups (broad SMARTS) is 1. The SMILES string of the molecule is O=C(O)c1ccc(CNC(=O)N2CCCNCC2)cc1. The van der Waals surface area contributed by atoms with Crippen LogP contribution in [0.5, 0.6) is 0 Å². The summed E-state index contributed by atoms with van der Waals surface area (Å²) in [6, 6.07) is 6.44. The fraction of sp³-hybridized carbons (Fsp3) is 0.429. The number of carbonyl (C=O) groups is 2. The van der Waals surface area contributed by atoms with Crippen LogP contribution in [0.1, 0.15) is 22.3 Å². The van der Waals surface area contributed by atoms with Gasteiger partial charge in [-0.25, -0.2) is 9.59 Å². The molecule has 3 N–H and O–H groups in total. The Morgan fingerprint density at radius 2 is 1.95 bits per heavy atom. The molecular weight excluding hydrogens is 258 g/mol. The summed E-state index contributed by atoms with van der Waals surface area (Å²) in [5.74, 6) is -0.947. The average molecular weight is 277 g/mol. The Kier molecular flexibility index (Phi) is 4.95. The van der Waals surface area contributed by atoms with Crippen LogP contribution in [0.15, 0.2) is 24.3 Å². The third-order valence-corrected chi connectivity index (χ3v) is 3.27. The first-order valence-electron chi connectivity index (χ1n) is 6.72. The van der Waals surface area contributed by atoms with Gasteiger partial charge in [0.05, 0.1) is 5.56 Å². The lowest BCUT2D eigenvalue weighted by atomic mass is 10.1. The highest BCUT2D eigenvalue weighted by Gasteiger charge is 2.14. The van der Waals surface area contributed by atoms with Gasteiger partial charge in [-0.3, -0.25) is 0 Å². The fourth-order valence-electron chi connectivity index (χ4n) is 2.10. The molecule has 1 aromatic rings. The summed E-state index contributed by atoms with van der Waals surface area (Å²) in [4.78, 5) is 24.5. The number of nitrogens with one attached hydrogen (secondary N) is 2. The number of carboxylic acids is 1. The summed E-state index contributed by atoms with van der Waals surface area (Å²) in [7, 11) is 0. The fourth-order valence-corrected chi connectivity index (χ4v) is 2.10. The Bertz CT molecular complexity index is 465. The molecule has 20 heavy (non-hydrogen) atoms. The molecule has 1 heterocycles. The molecule has 0 radical (unpaired) electrons. The van der Waals surface area contributed by atoms with Gasteiger partial charge >= 0.3 is 12.0 Å². The Hall–Kier alpha value is -2.08. The Morgan fingerprint density at radius 3 is 2.65 bits per heavy atom. The molecule has 1 aliphatic heterocycles. The number of hydrogen-bond donors (Lipinski definition) is 3. The zero-order valence-corrected chi connectivity index (χ0v) is 11.3. The van der Waals surface area contributed by atoms with Crippen LogP contribution in [0.25, 0.3) is 0 Å². The average Bonchev–Trinajstić information content (AvgIpc) is 2.74. The Balaban J connectivity index is 1.84. The summed E-state index contributed by atoms with van der Waals surface area (Å²) in [6.45, 7) is 3.64. The highest BCUT2D eigenvalue weighted by Crippen LogP contribution is 2.05. The van der Waals surface area contributed by atoms with Gasteiger partial charge in [-0.05, 0) is 30.7 Å². The lowest BCUT2D eigenvalue weighted by Gasteiger charge is -2.20. The third kappa shape index (κ3) is 3.96. The molecule has 0 aromatic heterocycles. The van der Waals surface area contributed by atoms with E-state index in [1.54, 1.807) is 29.2 Å². The van der Waals surface area contributed by atoms with Crippen molar-refractivity contribution in [3.8, 4) is 0 Å². The van der Waals surface area contributed by atoms with Gasteiger partial charge in [0.2, 0.25) is 0 Å². The molecule has 2 amide bonds. The molecule has 2 rings (SSSR count). The standard InChI is InChI=1S/C14H19N3O3/c18-13(19)12-4-2-11(3-5-12)10-16-14(20)17-8-1-6-15-7-9-17/h2-5,15H,1,6-10H2,(H,16,20)(H,18,19). The highest BCUT2D eigenvalue weighted by molar-refractivity contribution is 5.87. The van der Waals surface area contributed by atoms with Gasteiger partial charge in [-0.15, -0.1) is 0 Å². The predicted molar refractivity (Wildman–Crippen MR) is 74.7 cm³/mol. The minimum atomic E-state index is -0.947. The van der Waals surface area contributed by atoms with Crippen LogP contribution in [0.3, 0.4) is 0 Å². The van der Waals surface area contributed by atoms with Crippen molar-refractivity contribution in [1.29, 1.82) is 0 Å². The topological polar surface area (TPSA) is 81.7 Å². The van der Waals surface area contributed by atoms with Crippen molar-refractivity contribution >= 4 is 12.0 Å². The van der Waals surface area contributed by atoms with Crippen LogP contribution in [-0.2, 0) is 6.54 Å². The maximum absolute atomic E-state index is 12.0. The molecule has 0 atom stereocenters. The van der Waals surface area contributed by atoms with Crippen molar-refractivity contribution in [2.24, 2.45) is 0 Å². The summed E-state index contributed by atoms with van der Waals surface area (Å²) in [6.07, 6.45) is 0.959. The van der Waals surface area contributed by atoms with E-state index < -0.39 is 5.97 Å². The zero-order chi connectivity index (χ0) is 14.4. The van der Waals surface area contributed by atoms with E-state index in [2.05, 4.69) is 10.6 Å². The minimum absolute atomic E-state index is 0.0731. The number of amides is 2. The van der Waals surface area contributed by atoms with E-state index >= 15 is 0 Å². The number of hydrogen-bond acceptors (Lipinski definition) is 3. The summed E-state index contributed by atoms with van der Waals surface area (Å²) in [5, 5.41) is 14.9. The number of aromatic carboxylic acids is 1. The maximum Gasteiger partial charge on any atom is 0.335 e. The van der Waals surface area contributed by atoms with Gasteiger partial charge in [0.15, 0.2) is 0 Å². The second kappa shape index (κ2) is 6.91. The Morgan fingerprint density at radius 1 is 1.20 bits per heavy atom. The molecule has 0 bridgehead atoms. The second-order valence-electron chi connectivity index (χ2n) is 4.75. The van der Waals surface area contributed by atoms with Gasteiger partial charge in [0.25, 0.3) is 0 Å². The van der Waals surface area contributed by atoms with Crippen molar-refractivity contribution in [1.82, 2.24) is 15.5 Å². The molecular formula is C14H19N3O3. The molecule has 6 nitrogen and oxygen atoms in total. The van der Waals surface area contributed by atoms with E-state index in [0.717, 1.165) is 31.6 Å². The van der Waals surface area contributed by atoms with Gasteiger partial charge < -0.3 is 20.6 Å². The molecule has 1 aliphatic rings. The minimum Gasteiger partial charge on any atom is -0.478 e. The largest absolute Gasteiger partial charge is 0.478 e. The molecule has 0 aliphatic carbocycles. The maximum atomic E-state index is 12.0. The van der Waals surface area contributed by atoms with E-state index in [0.29, 0.717) is 13.1 Å². The molecule has 1 saturated heterocycles. The van der Waals surface area contributed by atoms with Gasteiger partial charge in [0, 0.05) is 26.2 Å². The second-order valence-corrected chi connectivity index (χ2v) is 4.75. The summed E-state index contributed by atoms with van der Waals surface area (Å²) in [5.41, 5.74) is 1.13. The number of benzene rings is 1. The summed E-state index contributed by atoms with van der Waals surface area (Å²) >= 11 is 0. The number of rotatable bonds is 3. The van der Waals surface area contributed by atoms with E-state index in [9.17, 15) is 9.59 Å². The molecule has 1 aromatic carbocycles. The summed E-state index contributed by atoms with van der Waals surface area (Å²) < 4.78 is 0. The molecule has 0 unspecified atom stereocenters. The van der Waals surface area contributed by atoms with Gasteiger partial charge in [0.1, 0.15) is 0 Å². The van der Waals surface area contributed by atoms with Crippen molar-refractivity contribution in [3.63, 3.8) is 0 Å². The van der Waals surface area contributed by atoms with Crippen LogP contribution in [-0.4, -0.2) is 48.2 Å². The molecule has 1 fully saturated rings. The molecule has 108 valence electrons.